The van der Waals surface area contributed by atoms with Gasteiger partial charge in [-0.1, -0.05) is 60.7 Å². The van der Waals surface area contributed by atoms with Crippen LogP contribution >= 0.6 is 0 Å². The van der Waals surface area contributed by atoms with Crippen molar-refractivity contribution in [3.05, 3.63) is 134 Å². The highest BCUT2D eigenvalue weighted by Crippen LogP contribution is 2.28. The van der Waals surface area contributed by atoms with Crippen molar-refractivity contribution < 1.29 is 0 Å². The van der Waals surface area contributed by atoms with E-state index in [1.54, 1.807) is 12.4 Å². The summed E-state index contributed by atoms with van der Waals surface area (Å²) in [4.78, 5) is 28.8. The van der Waals surface area contributed by atoms with Crippen molar-refractivity contribution in [2.45, 2.75) is 0 Å². The van der Waals surface area contributed by atoms with Gasteiger partial charge in [0.1, 0.15) is 11.4 Å². The minimum absolute atomic E-state index is 0.658. The molecule has 0 radical (unpaired) electrons. The van der Waals surface area contributed by atoms with E-state index in [1.165, 1.54) is 0 Å². The van der Waals surface area contributed by atoms with E-state index in [0.29, 0.717) is 22.8 Å². The lowest BCUT2D eigenvalue weighted by Gasteiger charge is -2.08. The van der Waals surface area contributed by atoms with Gasteiger partial charge in [-0.3, -0.25) is 9.97 Å². The molecule has 7 heterocycles. The molecular formula is C38H22N8. The van der Waals surface area contributed by atoms with Gasteiger partial charge in [-0.25, -0.2) is 19.9 Å². The second kappa shape index (κ2) is 10.6. The molecule has 8 nitrogen and oxygen atoms in total. The van der Waals surface area contributed by atoms with Crippen molar-refractivity contribution in [1.29, 1.82) is 0 Å². The zero-order valence-electron chi connectivity index (χ0n) is 24.3. The molecule has 0 fully saturated rings. The summed E-state index contributed by atoms with van der Waals surface area (Å²) in [6, 6.07) is 39.8. The highest BCUT2D eigenvalue weighted by atomic mass is 15.1. The normalized spacial score (nSPS) is 11.5. The van der Waals surface area contributed by atoms with E-state index in [9.17, 15) is 0 Å². The summed E-state index contributed by atoms with van der Waals surface area (Å²) >= 11 is 0. The highest BCUT2D eigenvalue weighted by Gasteiger charge is 2.12. The molecule has 0 aliphatic rings. The van der Waals surface area contributed by atoms with Crippen LogP contribution in [0.4, 0.5) is 0 Å². The van der Waals surface area contributed by atoms with Crippen LogP contribution in [0.5, 0.6) is 0 Å². The second-order valence-corrected chi connectivity index (χ2v) is 10.9. The zero-order chi connectivity index (χ0) is 30.5. The highest BCUT2D eigenvalue weighted by molar-refractivity contribution is 6.04. The largest absolute Gasteiger partial charge is 0.254 e. The van der Waals surface area contributed by atoms with E-state index in [0.717, 1.165) is 66.4 Å². The first kappa shape index (κ1) is 25.9. The molecule has 0 aliphatic heterocycles. The number of nitrogens with zero attached hydrogens (tertiary/aromatic N) is 8. The molecule has 214 valence electrons. The van der Waals surface area contributed by atoms with Crippen molar-refractivity contribution in [2.24, 2.45) is 0 Å². The third-order valence-electron chi connectivity index (χ3n) is 8.08. The molecule has 9 rings (SSSR count). The number of fused-ring (bicyclic) bond motifs is 6. The molecule has 2 aromatic carbocycles. The summed E-state index contributed by atoms with van der Waals surface area (Å²) in [5.74, 6) is 0. The van der Waals surface area contributed by atoms with E-state index in [4.69, 9.17) is 19.9 Å². The molecule has 0 atom stereocenters. The summed E-state index contributed by atoms with van der Waals surface area (Å²) in [5.41, 5.74) is 9.21. The van der Waals surface area contributed by atoms with Gasteiger partial charge in [0.15, 0.2) is 0 Å². The Morgan fingerprint density at radius 2 is 0.609 bits per heavy atom. The Labute approximate surface area is 262 Å². The van der Waals surface area contributed by atoms with Crippen LogP contribution in [0.3, 0.4) is 0 Å². The van der Waals surface area contributed by atoms with Gasteiger partial charge in [-0.2, -0.15) is 0 Å². The van der Waals surface area contributed by atoms with E-state index >= 15 is 0 Å². The van der Waals surface area contributed by atoms with Gasteiger partial charge in [0, 0.05) is 33.9 Å². The van der Waals surface area contributed by atoms with Gasteiger partial charge in [0.05, 0.1) is 56.2 Å². The zero-order valence-corrected chi connectivity index (χ0v) is 24.3. The number of hydrogen-bond donors (Lipinski definition) is 0. The maximum atomic E-state index is 4.95. The van der Waals surface area contributed by atoms with Crippen LogP contribution in [-0.4, -0.2) is 40.1 Å². The Hall–Kier alpha value is -6.54. The maximum Gasteiger partial charge on any atom is 0.111 e. The average molecular weight is 591 g/mol. The average Bonchev–Trinajstić information content (AvgIpc) is 3.14. The maximum absolute atomic E-state index is 4.95. The fraction of sp³-hybridized carbons (Fsp3) is 0. The molecule has 0 saturated heterocycles. The molecule has 0 unspecified atom stereocenters. The van der Waals surface area contributed by atoms with Crippen LogP contribution in [0.1, 0.15) is 0 Å². The third kappa shape index (κ3) is 4.48. The molecule has 46 heavy (non-hydrogen) atoms. The van der Waals surface area contributed by atoms with Crippen molar-refractivity contribution in [3.63, 3.8) is 0 Å². The van der Waals surface area contributed by atoms with Crippen LogP contribution < -0.4 is 0 Å². The van der Waals surface area contributed by atoms with Crippen LogP contribution in [-0.2, 0) is 0 Å². The number of benzene rings is 2. The lowest BCUT2D eigenvalue weighted by molar-refractivity contribution is 1.03. The van der Waals surface area contributed by atoms with Crippen LogP contribution in [0.2, 0.25) is 0 Å². The Morgan fingerprint density at radius 3 is 1.04 bits per heavy atom. The quantitative estimate of drug-likeness (QED) is 0.189. The smallest absolute Gasteiger partial charge is 0.111 e. The molecular weight excluding hydrogens is 568 g/mol. The van der Waals surface area contributed by atoms with E-state index in [-0.39, 0.29) is 0 Å². The summed E-state index contributed by atoms with van der Waals surface area (Å²) in [6.45, 7) is 0. The first-order valence-electron chi connectivity index (χ1n) is 14.9. The third-order valence-corrected chi connectivity index (χ3v) is 8.08. The molecule has 0 N–H and O–H groups in total. The molecule has 0 bridgehead atoms. The Kier molecular flexibility index (Phi) is 5.95. The Morgan fingerprint density at radius 1 is 0.261 bits per heavy atom. The van der Waals surface area contributed by atoms with Crippen LogP contribution in [0.15, 0.2) is 134 Å². The van der Waals surface area contributed by atoms with E-state index in [1.807, 2.05) is 84.9 Å². The van der Waals surface area contributed by atoms with Gasteiger partial charge in [-0.05, 0) is 60.7 Å². The van der Waals surface area contributed by atoms with Crippen molar-refractivity contribution >= 4 is 43.6 Å². The molecule has 0 amide bonds. The fourth-order valence-corrected chi connectivity index (χ4v) is 5.78. The van der Waals surface area contributed by atoms with Gasteiger partial charge < -0.3 is 0 Å². The molecule has 9 aromatic rings. The predicted octanol–water partition coefficient (Wildman–Crippen LogP) is 8.13. The topological polar surface area (TPSA) is 103 Å². The van der Waals surface area contributed by atoms with Crippen molar-refractivity contribution in [3.8, 4) is 45.6 Å². The van der Waals surface area contributed by atoms with Crippen LogP contribution in [0.25, 0.3) is 89.2 Å². The summed E-state index contributed by atoms with van der Waals surface area (Å²) < 4.78 is 0. The molecule has 7 aromatic heterocycles. The van der Waals surface area contributed by atoms with Crippen molar-refractivity contribution in [2.75, 3.05) is 0 Å². The minimum atomic E-state index is 0.658. The standard InChI is InChI=1S/C38H22N8/c1-7-27(31-17-15-25-13-11-23-5-3-21-39-35(23)37(25)43-31)41-29(9-1)33-19-20-34(46-45-33)30-10-2-8-28(42-30)32-18-16-26-14-12-24-6-4-22-40-36(24)38(26)44-32/h1-22H. The first-order chi connectivity index (χ1) is 22.8. The monoisotopic (exact) mass is 590 g/mol. The summed E-state index contributed by atoms with van der Waals surface area (Å²) in [5, 5.41) is 13.2. The number of rotatable bonds is 4. The number of pyridine rings is 6. The number of hydrogen-bond acceptors (Lipinski definition) is 8. The molecule has 0 aliphatic carbocycles. The van der Waals surface area contributed by atoms with Gasteiger partial charge >= 0.3 is 0 Å². The van der Waals surface area contributed by atoms with Gasteiger partial charge in [0.2, 0.25) is 0 Å². The van der Waals surface area contributed by atoms with E-state index in [2.05, 4.69) is 56.6 Å². The van der Waals surface area contributed by atoms with Crippen LogP contribution in [0, 0.1) is 0 Å². The first-order valence-corrected chi connectivity index (χ1v) is 14.9. The van der Waals surface area contributed by atoms with Gasteiger partial charge in [-0.15, -0.1) is 10.2 Å². The molecule has 8 heteroatoms. The van der Waals surface area contributed by atoms with E-state index < -0.39 is 0 Å². The lowest BCUT2D eigenvalue weighted by atomic mass is 10.1. The SMILES string of the molecule is c1cc(-c2ccc(-c3cccc(-c4ccc5ccc6cccnc6c5n4)n3)nn2)nc(-c2ccc3ccc4cccnc4c3n2)c1. The molecule has 0 saturated carbocycles. The summed E-state index contributed by atoms with van der Waals surface area (Å²) in [6.07, 6.45) is 3.59. The lowest BCUT2D eigenvalue weighted by Crippen LogP contribution is -1.97. The minimum Gasteiger partial charge on any atom is -0.254 e. The van der Waals surface area contributed by atoms with Crippen molar-refractivity contribution in [1.82, 2.24) is 40.1 Å². The predicted molar refractivity (Wildman–Crippen MR) is 181 cm³/mol. The summed E-state index contributed by atoms with van der Waals surface area (Å²) in [7, 11) is 0. The fourth-order valence-electron chi connectivity index (χ4n) is 5.78. The second-order valence-electron chi connectivity index (χ2n) is 10.9. The Balaban J connectivity index is 1.03. The Bertz CT molecular complexity index is 2420. The number of aromatic nitrogens is 8. The molecule has 0 spiro atoms. The van der Waals surface area contributed by atoms with Gasteiger partial charge in [0.25, 0.3) is 0 Å².